The Labute approximate surface area is 84.9 Å². The summed E-state index contributed by atoms with van der Waals surface area (Å²) in [6.45, 7) is 2.62. The third-order valence-electron chi connectivity index (χ3n) is 3.32. The third kappa shape index (κ3) is 1.85. The Morgan fingerprint density at radius 3 is 2.71 bits per heavy atom. The van der Waals surface area contributed by atoms with E-state index in [1.165, 1.54) is 12.8 Å². The molecular weight excluding hydrogens is 178 g/mol. The second-order valence-electron chi connectivity index (χ2n) is 4.40. The molecule has 0 radical (unpaired) electrons. The van der Waals surface area contributed by atoms with Crippen LogP contribution in [0.25, 0.3) is 0 Å². The second kappa shape index (κ2) is 3.77. The van der Waals surface area contributed by atoms with Crippen LogP contribution in [0.2, 0.25) is 0 Å². The number of nitrogens with two attached hydrogens (primary N) is 1. The number of guanidine groups is 1. The lowest BCUT2D eigenvalue weighted by Crippen LogP contribution is -2.54. The van der Waals surface area contributed by atoms with Gasteiger partial charge in [-0.15, -0.1) is 0 Å². The summed E-state index contributed by atoms with van der Waals surface area (Å²) in [5, 5.41) is 7.44. The summed E-state index contributed by atoms with van der Waals surface area (Å²) in [6.07, 6.45) is 5.81. The Bertz CT molecular complexity index is 218. The molecule has 2 aliphatic rings. The first-order chi connectivity index (χ1) is 6.72. The molecule has 2 rings (SSSR count). The highest BCUT2D eigenvalue weighted by Crippen LogP contribution is 2.33. The fourth-order valence-corrected chi connectivity index (χ4v) is 2.54. The Balaban J connectivity index is 2.01. The Hall–Kier alpha value is -0.770. The van der Waals surface area contributed by atoms with Gasteiger partial charge < -0.3 is 15.4 Å². The van der Waals surface area contributed by atoms with Crippen molar-refractivity contribution in [2.24, 2.45) is 5.73 Å². The Morgan fingerprint density at radius 1 is 1.29 bits per heavy atom. The summed E-state index contributed by atoms with van der Waals surface area (Å²) in [7, 11) is 0. The van der Waals surface area contributed by atoms with Gasteiger partial charge in [0.05, 0.1) is 5.60 Å². The summed E-state index contributed by atoms with van der Waals surface area (Å²) >= 11 is 0. The summed E-state index contributed by atoms with van der Waals surface area (Å²) in [4.78, 5) is 1.94. The van der Waals surface area contributed by atoms with Gasteiger partial charge in [-0.1, -0.05) is 0 Å². The highest BCUT2D eigenvalue weighted by atomic mass is 16.5. The second-order valence-corrected chi connectivity index (χ2v) is 4.40. The molecule has 0 saturated carbocycles. The lowest BCUT2D eigenvalue weighted by molar-refractivity contribution is -0.106. The van der Waals surface area contributed by atoms with E-state index < -0.39 is 0 Å². The smallest absolute Gasteiger partial charge is 0.188 e. The van der Waals surface area contributed by atoms with E-state index in [0.717, 1.165) is 39.0 Å². The van der Waals surface area contributed by atoms with Gasteiger partial charge in [0.2, 0.25) is 0 Å². The molecule has 1 atom stereocenters. The molecule has 0 bridgehead atoms. The van der Waals surface area contributed by atoms with Crippen molar-refractivity contribution < 1.29 is 4.74 Å². The molecule has 1 unspecified atom stereocenters. The zero-order valence-electron chi connectivity index (χ0n) is 8.59. The van der Waals surface area contributed by atoms with Gasteiger partial charge in [-0.3, -0.25) is 5.41 Å². The Morgan fingerprint density at radius 2 is 2.07 bits per heavy atom. The molecule has 14 heavy (non-hydrogen) atoms. The summed E-state index contributed by atoms with van der Waals surface area (Å²) < 4.78 is 5.89. The van der Waals surface area contributed by atoms with Crippen molar-refractivity contribution in [3.05, 3.63) is 0 Å². The van der Waals surface area contributed by atoms with Crippen LogP contribution in [0.1, 0.15) is 32.1 Å². The fourth-order valence-electron chi connectivity index (χ4n) is 2.54. The largest absolute Gasteiger partial charge is 0.373 e. The Kier molecular flexibility index (Phi) is 2.63. The molecule has 0 aromatic carbocycles. The van der Waals surface area contributed by atoms with E-state index >= 15 is 0 Å². The molecule has 1 spiro atoms. The third-order valence-corrected chi connectivity index (χ3v) is 3.32. The standard InChI is InChI=1S/C10H19N3O/c11-9(12)13-6-3-5-10(8-13)4-1-2-7-14-10/h1-8H2,(H3,11,12). The number of rotatable bonds is 0. The minimum Gasteiger partial charge on any atom is -0.373 e. The van der Waals surface area contributed by atoms with Gasteiger partial charge in [-0.25, -0.2) is 0 Å². The van der Waals surface area contributed by atoms with E-state index in [1.807, 2.05) is 4.90 Å². The molecule has 80 valence electrons. The predicted molar refractivity (Wildman–Crippen MR) is 55.3 cm³/mol. The molecule has 4 heteroatoms. The van der Waals surface area contributed by atoms with Crippen LogP contribution in [0.15, 0.2) is 0 Å². The number of piperidine rings is 1. The highest BCUT2D eigenvalue weighted by molar-refractivity contribution is 5.74. The van der Waals surface area contributed by atoms with Crippen LogP contribution >= 0.6 is 0 Å². The van der Waals surface area contributed by atoms with Crippen LogP contribution in [0.5, 0.6) is 0 Å². The normalized spacial score (nSPS) is 33.3. The molecule has 2 aliphatic heterocycles. The van der Waals surface area contributed by atoms with Crippen molar-refractivity contribution >= 4 is 5.96 Å². The number of nitrogens with one attached hydrogen (secondary N) is 1. The molecule has 0 amide bonds. The van der Waals surface area contributed by atoms with Crippen LogP contribution in [-0.2, 0) is 4.74 Å². The first-order valence-corrected chi connectivity index (χ1v) is 5.45. The number of nitrogens with zero attached hydrogens (tertiary/aromatic N) is 1. The number of ether oxygens (including phenoxy) is 1. The van der Waals surface area contributed by atoms with Crippen molar-refractivity contribution in [2.75, 3.05) is 19.7 Å². The maximum absolute atomic E-state index is 7.44. The lowest BCUT2D eigenvalue weighted by Gasteiger charge is -2.45. The van der Waals surface area contributed by atoms with Crippen LogP contribution in [-0.4, -0.2) is 36.2 Å². The lowest BCUT2D eigenvalue weighted by atomic mass is 9.86. The number of likely N-dealkylation sites (tertiary alicyclic amines) is 1. The van der Waals surface area contributed by atoms with Crippen molar-refractivity contribution in [3.63, 3.8) is 0 Å². The topological polar surface area (TPSA) is 62.3 Å². The van der Waals surface area contributed by atoms with Gasteiger partial charge in [-0.2, -0.15) is 0 Å². The summed E-state index contributed by atoms with van der Waals surface area (Å²) in [5.41, 5.74) is 5.53. The molecule has 2 fully saturated rings. The molecule has 4 nitrogen and oxygen atoms in total. The van der Waals surface area contributed by atoms with Crippen molar-refractivity contribution in [3.8, 4) is 0 Å². The van der Waals surface area contributed by atoms with E-state index in [-0.39, 0.29) is 11.6 Å². The van der Waals surface area contributed by atoms with E-state index in [0.29, 0.717) is 0 Å². The molecule has 0 aromatic heterocycles. The molecular formula is C10H19N3O. The summed E-state index contributed by atoms with van der Waals surface area (Å²) in [6, 6.07) is 0. The molecule has 0 aromatic rings. The van der Waals surface area contributed by atoms with Crippen molar-refractivity contribution in [1.82, 2.24) is 4.90 Å². The van der Waals surface area contributed by atoms with Gasteiger partial charge >= 0.3 is 0 Å². The zero-order chi connectivity index (χ0) is 10.0. The summed E-state index contributed by atoms with van der Waals surface area (Å²) in [5.74, 6) is 0.193. The van der Waals surface area contributed by atoms with E-state index in [9.17, 15) is 0 Å². The zero-order valence-corrected chi connectivity index (χ0v) is 8.59. The van der Waals surface area contributed by atoms with E-state index in [2.05, 4.69) is 0 Å². The highest BCUT2D eigenvalue weighted by Gasteiger charge is 2.38. The molecule has 0 aliphatic carbocycles. The van der Waals surface area contributed by atoms with E-state index in [1.54, 1.807) is 0 Å². The molecule has 3 N–H and O–H groups in total. The van der Waals surface area contributed by atoms with Crippen LogP contribution < -0.4 is 5.73 Å². The number of hydrogen-bond donors (Lipinski definition) is 2. The van der Waals surface area contributed by atoms with Crippen LogP contribution in [0.3, 0.4) is 0 Å². The minimum atomic E-state index is 0.0160. The first-order valence-electron chi connectivity index (χ1n) is 5.45. The van der Waals surface area contributed by atoms with Crippen molar-refractivity contribution in [1.29, 1.82) is 5.41 Å². The number of hydrogen-bond acceptors (Lipinski definition) is 2. The van der Waals surface area contributed by atoms with Gasteiger partial charge in [0.25, 0.3) is 0 Å². The first kappa shape index (κ1) is 9.77. The molecule has 2 saturated heterocycles. The van der Waals surface area contributed by atoms with Gasteiger partial charge in [0, 0.05) is 19.7 Å². The van der Waals surface area contributed by atoms with Gasteiger partial charge in [-0.05, 0) is 32.1 Å². The SMILES string of the molecule is N=C(N)N1CCCC2(CCCCO2)C1. The van der Waals surface area contributed by atoms with E-state index in [4.69, 9.17) is 15.9 Å². The maximum atomic E-state index is 7.44. The van der Waals surface area contributed by atoms with Crippen LogP contribution in [0, 0.1) is 5.41 Å². The predicted octanol–water partition coefficient (Wildman–Crippen LogP) is 0.915. The van der Waals surface area contributed by atoms with Crippen molar-refractivity contribution in [2.45, 2.75) is 37.7 Å². The quantitative estimate of drug-likeness (QED) is 0.448. The average Bonchev–Trinajstić information content (AvgIpc) is 2.19. The fraction of sp³-hybridized carbons (Fsp3) is 0.900. The van der Waals surface area contributed by atoms with Gasteiger partial charge in [0.1, 0.15) is 0 Å². The monoisotopic (exact) mass is 197 g/mol. The van der Waals surface area contributed by atoms with Crippen LogP contribution in [0.4, 0.5) is 0 Å². The average molecular weight is 197 g/mol. The molecule has 2 heterocycles. The minimum absolute atomic E-state index is 0.0160. The maximum Gasteiger partial charge on any atom is 0.188 e. The van der Waals surface area contributed by atoms with Gasteiger partial charge in [0.15, 0.2) is 5.96 Å².